The van der Waals surface area contributed by atoms with E-state index in [2.05, 4.69) is 21.2 Å². The Balaban J connectivity index is 2.43. The van der Waals surface area contributed by atoms with Crippen LogP contribution in [0.15, 0.2) is 29.3 Å². The van der Waals surface area contributed by atoms with Gasteiger partial charge in [-0.3, -0.25) is 5.43 Å². The summed E-state index contributed by atoms with van der Waals surface area (Å²) in [6, 6.07) is 5.70. The second kappa shape index (κ2) is 6.31. The minimum Gasteiger partial charge on any atom is -0.331 e. The molecule has 0 aliphatic rings. The molecule has 0 spiro atoms. The standard InChI is InChI=1S/C9H8FN5S/c10-7-1-3-8(4-2-7)15-9(16)12-6-14-13-5-11/h1-4,6,13H,(H2,12,14,15,16). The van der Waals surface area contributed by atoms with Crippen molar-refractivity contribution in [1.29, 1.82) is 5.26 Å². The fraction of sp³-hybridized carbons (Fsp3) is 0. The molecule has 0 radical (unpaired) electrons. The molecule has 0 atom stereocenters. The largest absolute Gasteiger partial charge is 0.331 e. The maximum absolute atomic E-state index is 12.6. The van der Waals surface area contributed by atoms with Gasteiger partial charge in [0.1, 0.15) is 12.2 Å². The van der Waals surface area contributed by atoms with Gasteiger partial charge in [0.05, 0.1) is 0 Å². The predicted octanol–water partition coefficient (Wildman–Crippen LogP) is 1.13. The average Bonchev–Trinajstić information content (AvgIpc) is 2.28. The number of hydrazine groups is 1. The Hall–Kier alpha value is -2.20. The minimum absolute atomic E-state index is 0.193. The van der Waals surface area contributed by atoms with Gasteiger partial charge < -0.3 is 5.32 Å². The van der Waals surface area contributed by atoms with Gasteiger partial charge in [0.15, 0.2) is 11.3 Å². The lowest BCUT2D eigenvalue weighted by molar-refractivity contribution is 0.628. The van der Waals surface area contributed by atoms with Crippen molar-refractivity contribution in [3.8, 4) is 6.19 Å². The molecule has 0 saturated carbocycles. The Morgan fingerprint density at radius 2 is 2.12 bits per heavy atom. The van der Waals surface area contributed by atoms with Crippen LogP contribution in [0.2, 0.25) is 0 Å². The van der Waals surface area contributed by atoms with Crippen LogP contribution >= 0.6 is 12.2 Å². The Kier molecular flexibility index (Phi) is 4.69. The molecular formula is C9H8FN5S. The highest BCUT2D eigenvalue weighted by atomic mass is 32.1. The van der Waals surface area contributed by atoms with Crippen LogP contribution in [0.1, 0.15) is 0 Å². The van der Waals surface area contributed by atoms with Gasteiger partial charge in [-0.1, -0.05) is 0 Å². The second-order valence-electron chi connectivity index (χ2n) is 2.58. The molecule has 0 aliphatic carbocycles. The number of anilines is 1. The number of benzene rings is 1. The molecule has 0 bridgehead atoms. The molecule has 82 valence electrons. The number of halogens is 1. The van der Waals surface area contributed by atoms with Crippen LogP contribution in [-0.2, 0) is 0 Å². The molecule has 0 aliphatic heterocycles. The summed E-state index contributed by atoms with van der Waals surface area (Å²) in [6.45, 7) is 0. The van der Waals surface area contributed by atoms with Crippen LogP contribution in [-0.4, -0.2) is 11.5 Å². The zero-order chi connectivity index (χ0) is 11.8. The normalized spacial score (nSPS) is 9.50. The fourth-order valence-electron chi connectivity index (χ4n) is 0.844. The summed E-state index contributed by atoms with van der Waals surface area (Å²) in [4.78, 5) is 3.76. The second-order valence-corrected chi connectivity index (χ2v) is 2.96. The Bertz CT molecular complexity index is 423. The molecule has 1 aromatic carbocycles. The molecule has 5 nitrogen and oxygen atoms in total. The number of thiocarbonyl (C=S) groups is 1. The van der Waals surface area contributed by atoms with Crippen molar-refractivity contribution in [2.75, 3.05) is 5.32 Å². The molecule has 0 fully saturated rings. The molecule has 16 heavy (non-hydrogen) atoms. The summed E-state index contributed by atoms with van der Waals surface area (Å²) in [5.41, 5.74) is 5.15. The summed E-state index contributed by atoms with van der Waals surface area (Å²) in [6.07, 6.45) is 2.86. The zero-order valence-corrected chi connectivity index (χ0v) is 8.88. The van der Waals surface area contributed by atoms with E-state index < -0.39 is 0 Å². The van der Waals surface area contributed by atoms with E-state index in [-0.39, 0.29) is 10.9 Å². The van der Waals surface area contributed by atoms with Crippen LogP contribution in [0.4, 0.5) is 10.1 Å². The lowest BCUT2D eigenvalue weighted by Gasteiger charge is -2.02. The van der Waals surface area contributed by atoms with E-state index >= 15 is 0 Å². The van der Waals surface area contributed by atoms with Gasteiger partial charge >= 0.3 is 0 Å². The molecule has 0 aromatic heterocycles. The number of rotatable bonds is 3. The Morgan fingerprint density at radius 3 is 2.75 bits per heavy atom. The van der Waals surface area contributed by atoms with Crippen LogP contribution < -0.4 is 16.2 Å². The number of nitrogens with zero attached hydrogens (tertiary/aromatic N) is 2. The van der Waals surface area contributed by atoms with Crippen molar-refractivity contribution < 1.29 is 4.39 Å². The SMILES string of the molecule is N#CNNC=NC(=S)Nc1ccc(F)cc1. The topological polar surface area (TPSA) is 72.2 Å². The van der Waals surface area contributed by atoms with Crippen LogP contribution in [0.5, 0.6) is 0 Å². The molecule has 0 heterocycles. The quantitative estimate of drug-likeness (QED) is 0.140. The van der Waals surface area contributed by atoms with E-state index in [0.717, 1.165) is 0 Å². The fourth-order valence-corrected chi connectivity index (χ4v) is 1.01. The first-order chi connectivity index (χ1) is 7.72. The Morgan fingerprint density at radius 1 is 1.44 bits per heavy atom. The molecule has 1 aromatic rings. The molecule has 3 N–H and O–H groups in total. The number of hydrogen-bond donors (Lipinski definition) is 3. The van der Waals surface area contributed by atoms with Crippen LogP contribution in [0.25, 0.3) is 0 Å². The number of nitrogens with one attached hydrogen (secondary N) is 3. The maximum atomic E-state index is 12.6. The molecule has 0 saturated heterocycles. The third-order valence-electron chi connectivity index (χ3n) is 1.47. The molecule has 0 amide bonds. The van der Waals surface area contributed by atoms with E-state index in [0.29, 0.717) is 5.69 Å². The van der Waals surface area contributed by atoms with E-state index in [1.807, 2.05) is 0 Å². The van der Waals surface area contributed by atoms with Crippen molar-refractivity contribution in [2.24, 2.45) is 4.99 Å². The third kappa shape index (κ3) is 4.34. The predicted molar refractivity (Wildman–Crippen MR) is 63.0 cm³/mol. The maximum Gasteiger partial charge on any atom is 0.198 e. The van der Waals surface area contributed by atoms with Gasteiger partial charge in [0, 0.05) is 5.69 Å². The average molecular weight is 237 g/mol. The lowest BCUT2D eigenvalue weighted by atomic mass is 10.3. The van der Waals surface area contributed by atoms with Crippen molar-refractivity contribution in [3.05, 3.63) is 30.1 Å². The van der Waals surface area contributed by atoms with Crippen molar-refractivity contribution in [2.45, 2.75) is 0 Å². The number of nitriles is 1. The van der Waals surface area contributed by atoms with Crippen LogP contribution in [0.3, 0.4) is 0 Å². The first kappa shape index (κ1) is 11.9. The van der Waals surface area contributed by atoms with Gasteiger partial charge in [-0.25, -0.2) is 14.8 Å². The summed E-state index contributed by atoms with van der Waals surface area (Å²) in [5.74, 6) is -0.320. The zero-order valence-electron chi connectivity index (χ0n) is 8.07. The van der Waals surface area contributed by atoms with E-state index in [1.54, 1.807) is 6.19 Å². The highest BCUT2D eigenvalue weighted by molar-refractivity contribution is 7.80. The minimum atomic E-state index is -0.320. The Labute approximate surface area is 97.0 Å². The smallest absolute Gasteiger partial charge is 0.198 e. The van der Waals surface area contributed by atoms with Crippen LogP contribution in [0, 0.1) is 17.3 Å². The van der Waals surface area contributed by atoms with Gasteiger partial charge in [0.25, 0.3) is 0 Å². The van der Waals surface area contributed by atoms with Gasteiger partial charge in [0.2, 0.25) is 0 Å². The number of hydrogen-bond acceptors (Lipinski definition) is 3. The summed E-state index contributed by atoms with van der Waals surface area (Å²) < 4.78 is 12.6. The highest BCUT2D eigenvalue weighted by Gasteiger charge is 1.95. The first-order valence-electron chi connectivity index (χ1n) is 4.21. The van der Waals surface area contributed by atoms with Crippen molar-refractivity contribution in [1.82, 2.24) is 10.9 Å². The first-order valence-corrected chi connectivity index (χ1v) is 4.62. The third-order valence-corrected chi connectivity index (χ3v) is 1.68. The summed E-state index contributed by atoms with van der Waals surface area (Å²) in [5, 5.41) is 11.1. The lowest BCUT2D eigenvalue weighted by Crippen LogP contribution is -2.25. The molecule has 1 rings (SSSR count). The molecular weight excluding hydrogens is 229 g/mol. The monoisotopic (exact) mass is 237 g/mol. The van der Waals surface area contributed by atoms with Gasteiger partial charge in [-0.15, -0.1) is 0 Å². The van der Waals surface area contributed by atoms with Gasteiger partial charge in [-0.05, 0) is 36.5 Å². The van der Waals surface area contributed by atoms with Gasteiger partial charge in [-0.2, -0.15) is 5.26 Å². The van der Waals surface area contributed by atoms with E-state index in [1.165, 1.54) is 30.6 Å². The molecule has 0 unspecified atom stereocenters. The van der Waals surface area contributed by atoms with E-state index in [4.69, 9.17) is 17.5 Å². The number of aliphatic imine (C=N–C) groups is 1. The highest BCUT2D eigenvalue weighted by Crippen LogP contribution is 2.08. The van der Waals surface area contributed by atoms with E-state index in [9.17, 15) is 4.39 Å². The summed E-state index contributed by atoms with van der Waals surface area (Å²) in [7, 11) is 0. The van der Waals surface area contributed by atoms with Crippen molar-refractivity contribution in [3.63, 3.8) is 0 Å². The molecule has 7 heteroatoms. The summed E-state index contributed by atoms with van der Waals surface area (Å²) >= 11 is 4.86. The van der Waals surface area contributed by atoms with Crippen molar-refractivity contribution >= 4 is 29.4 Å².